The van der Waals surface area contributed by atoms with Gasteiger partial charge in [-0.05, 0) is 24.8 Å². The number of nitrogens with one attached hydrogen (secondary N) is 1. The number of hydrogen-bond acceptors (Lipinski definition) is 4. The van der Waals surface area contributed by atoms with Gasteiger partial charge in [0.15, 0.2) is 0 Å². The molecule has 1 aromatic carbocycles. The quantitative estimate of drug-likeness (QED) is 0.516. The van der Waals surface area contributed by atoms with Gasteiger partial charge in [0.2, 0.25) is 0 Å². The fourth-order valence-electron chi connectivity index (χ4n) is 3.13. The SMILES string of the molecule is CC1CCCC(NCCSc2ncnc3ccccc23)C1. The van der Waals surface area contributed by atoms with Crippen LogP contribution in [0.2, 0.25) is 0 Å². The highest BCUT2D eigenvalue weighted by molar-refractivity contribution is 7.99. The van der Waals surface area contributed by atoms with Crippen LogP contribution < -0.4 is 5.32 Å². The number of thioether (sulfide) groups is 1. The monoisotopic (exact) mass is 301 g/mol. The Hall–Kier alpha value is -1.13. The van der Waals surface area contributed by atoms with E-state index in [1.165, 1.54) is 25.7 Å². The topological polar surface area (TPSA) is 37.8 Å². The van der Waals surface area contributed by atoms with E-state index in [2.05, 4.69) is 34.3 Å². The third-order valence-electron chi connectivity index (χ3n) is 4.22. The van der Waals surface area contributed by atoms with E-state index in [9.17, 15) is 0 Å². The average molecular weight is 301 g/mol. The van der Waals surface area contributed by atoms with Crippen molar-refractivity contribution >= 4 is 22.7 Å². The number of nitrogens with zero attached hydrogens (tertiary/aromatic N) is 2. The maximum absolute atomic E-state index is 4.43. The molecule has 1 N–H and O–H groups in total. The molecular weight excluding hydrogens is 278 g/mol. The predicted molar refractivity (Wildman–Crippen MR) is 89.7 cm³/mol. The summed E-state index contributed by atoms with van der Waals surface area (Å²) in [7, 11) is 0. The van der Waals surface area contributed by atoms with Crippen molar-refractivity contribution < 1.29 is 0 Å². The molecule has 112 valence electrons. The zero-order chi connectivity index (χ0) is 14.5. The van der Waals surface area contributed by atoms with E-state index in [4.69, 9.17) is 0 Å². The van der Waals surface area contributed by atoms with Gasteiger partial charge in [-0.2, -0.15) is 0 Å². The summed E-state index contributed by atoms with van der Waals surface area (Å²) in [5, 5.41) is 5.97. The third kappa shape index (κ3) is 3.95. The molecule has 0 saturated heterocycles. The molecule has 4 heteroatoms. The van der Waals surface area contributed by atoms with E-state index in [-0.39, 0.29) is 0 Å². The van der Waals surface area contributed by atoms with Gasteiger partial charge in [0.1, 0.15) is 11.4 Å². The molecule has 0 spiro atoms. The molecular formula is C17H23N3S. The first kappa shape index (κ1) is 14.8. The summed E-state index contributed by atoms with van der Waals surface area (Å²) in [5.41, 5.74) is 1.03. The lowest BCUT2D eigenvalue weighted by Gasteiger charge is -2.27. The summed E-state index contributed by atoms with van der Waals surface area (Å²) in [5.74, 6) is 1.95. The summed E-state index contributed by atoms with van der Waals surface area (Å²) < 4.78 is 0. The fraction of sp³-hybridized carbons (Fsp3) is 0.529. The molecule has 0 bridgehead atoms. The summed E-state index contributed by atoms with van der Waals surface area (Å²) in [6, 6.07) is 8.94. The van der Waals surface area contributed by atoms with Gasteiger partial charge in [-0.1, -0.05) is 38.0 Å². The number of fused-ring (bicyclic) bond motifs is 1. The molecule has 0 amide bonds. The van der Waals surface area contributed by atoms with E-state index in [1.807, 2.05) is 23.9 Å². The summed E-state index contributed by atoms with van der Waals surface area (Å²) >= 11 is 1.83. The number of aromatic nitrogens is 2. The molecule has 1 heterocycles. The number of benzene rings is 1. The van der Waals surface area contributed by atoms with Crippen molar-refractivity contribution in [1.82, 2.24) is 15.3 Å². The van der Waals surface area contributed by atoms with Crippen molar-refractivity contribution in [2.24, 2.45) is 5.92 Å². The standard InChI is InChI=1S/C17H23N3S/c1-13-5-4-6-14(11-13)18-9-10-21-17-15-7-2-3-8-16(15)19-12-20-17/h2-3,7-8,12-14,18H,4-6,9-11H2,1H3. The molecule has 1 aliphatic rings. The molecule has 3 rings (SSSR count). The molecule has 1 fully saturated rings. The lowest BCUT2D eigenvalue weighted by atomic mass is 9.87. The highest BCUT2D eigenvalue weighted by Crippen LogP contribution is 2.25. The smallest absolute Gasteiger partial charge is 0.117 e. The van der Waals surface area contributed by atoms with Crippen LogP contribution in [-0.2, 0) is 0 Å². The molecule has 2 unspecified atom stereocenters. The molecule has 2 aromatic rings. The van der Waals surface area contributed by atoms with Gasteiger partial charge in [-0.25, -0.2) is 9.97 Å². The molecule has 2 atom stereocenters. The second kappa shape index (κ2) is 7.23. The van der Waals surface area contributed by atoms with Crippen molar-refractivity contribution in [1.29, 1.82) is 0 Å². The highest BCUT2D eigenvalue weighted by Gasteiger charge is 2.17. The second-order valence-electron chi connectivity index (χ2n) is 5.97. The van der Waals surface area contributed by atoms with Gasteiger partial charge < -0.3 is 5.32 Å². The minimum Gasteiger partial charge on any atom is -0.313 e. The van der Waals surface area contributed by atoms with Crippen LogP contribution in [0, 0.1) is 5.92 Å². The zero-order valence-electron chi connectivity index (χ0n) is 12.6. The molecule has 21 heavy (non-hydrogen) atoms. The minimum atomic E-state index is 0.719. The average Bonchev–Trinajstić information content (AvgIpc) is 2.52. The third-order valence-corrected chi connectivity index (χ3v) is 5.22. The molecule has 1 aliphatic carbocycles. The van der Waals surface area contributed by atoms with Crippen LogP contribution in [0.3, 0.4) is 0 Å². The first-order valence-electron chi connectivity index (χ1n) is 7.89. The maximum atomic E-state index is 4.43. The first-order valence-corrected chi connectivity index (χ1v) is 8.87. The Morgan fingerprint density at radius 2 is 2.14 bits per heavy atom. The molecule has 0 aliphatic heterocycles. The highest BCUT2D eigenvalue weighted by atomic mass is 32.2. The van der Waals surface area contributed by atoms with Crippen LogP contribution in [0.5, 0.6) is 0 Å². The van der Waals surface area contributed by atoms with E-state index >= 15 is 0 Å². The zero-order valence-corrected chi connectivity index (χ0v) is 13.4. The van der Waals surface area contributed by atoms with E-state index < -0.39 is 0 Å². The van der Waals surface area contributed by atoms with Gasteiger partial charge >= 0.3 is 0 Å². The van der Waals surface area contributed by atoms with Crippen LogP contribution in [0.4, 0.5) is 0 Å². The maximum Gasteiger partial charge on any atom is 0.117 e. The van der Waals surface area contributed by atoms with Crippen molar-refractivity contribution in [3.63, 3.8) is 0 Å². The van der Waals surface area contributed by atoms with E-state index in [1.54, 1.807) is 6.33 Å². The Labute approximate surface area is 131 Å². The van der Waals surface area contributed by atoms with E-state index in [0.29, 0.717) is 0 Å². The Bertz CT molecular complexity index is 582. The molecule has 3 nitrogen and oxygen atoms in total. The minimum absolute atomic E-state index is 0.719. The van der Waals surface area contributed by atoms with Crippen molar-refractivity contribution in [2.45, 2.75) is 43.7 Å². The Balaban J connectivity index is 1.50. The fourth-order valence-corrected chi connectivity index (χ4v) is 3.99. The summed E-state index contributed by atoms with van der Waals surface area (Å²) in [6.45, 7) is 3.43. The Kier molecular flexibility index (Phi) is 5.09. The van der Waals surface area contributed by atoms with Crippen LogP contribution in [0.25, 0.3) is 10.9 Å². The number of hydrogen-bond donors (Lipinski definition) is 1. The normalized spacial score (nSPS) is 22.5. The van der Waals surface area contributed by atoms with Crippen LogP contribution in [0.1, 0.15) is 32.6 Å². The van der Waals surface area contributed by atoms with Crippen molar-refractivity contribution in [3.05, 3.63) is 30.6 Å². The molecule has 1 aromatic heterocycles. The lowest BCUT2D eigenvalue weighted by molar-refractivity contribution is 0.306. The molecule has 0 radical (unpaired) electrons. The van der Waals surface area contributed by atoms with Crippen LogP contribution in [-0.4, -0.2) is 28.3 Å². The predicted octanol–water partition coefficient (Wildman–Crippen LogP) is 3.89. The number of rotatable bonds is 5. The van der Waals surface area contributed by atoms with Crippen LogP contribution >= 0.6 is 11.8 Å². The van der Waals surface area contributed by atoms with Gasteiger partial charge in [-0.15, -0.1) is 11.8 Å². The summed E-state index contributed by atoms with van der Waals surface area (Å²) in [4.78, 5) is 8.74. The lowest BCUT2D eigenvalue weighted by Crippen LogP contribution is -2.34. The van der Waals surface area contributed by atoms with Crippen molar-refractivity contribution in [3.8, 4) is 0 Å². The van der Waals surface area contributed by atoms with Gasteiger partial charge in [0.05, 0.1) is 5.52 Å². The van der Waals surface area contributed by atoms with Crippen LogP contribution in [0.15, 0.2) is 35.6 Å². The van der Waals surface area contributed by atoms with Gasteiger partial charge in [0, 0.05) is 23.7 Å². The van der Waals surface area contributed by atoms with Crippen molar-refractivity contribution in [2.75, 3.05) is 12.3 Å². The molecule has 1 saturated carbocycles. The van der Waals surface area contributed by atoms with Gasteiger partial charge in [0.25, 0.3) is 0 Å². The Morgan fingerprint density at radius 3 is 3.05 bits per heavy atom. The number of para-hydroxylation sites is 1. The van der Waals surface area contributed by atoms with E-state index in [0.717, 1.165) is 40.2 Å². The van der Waals surface area contributed by atoms with Gasteiger partial charge in [-0.3, -0.25) is 0 Å². The first-order chi connectivity index (χ1) is 10.3. The second-order valence-corrected chi connectivity index (χ2v) is 7.05. The Morgan fingerprint density at radius 1 is 1.24 bits per heavy atom. The largest absolute Gasteiger partial charge is 0.313 e. The summed E-state index contributed by atoms with van der Waals surface area (Å²) in [6.07, 6.45) is 7.12.